The smallest absolute Gasteiger partial charge is 0.746 e. The van der Waals surface area contributed by atoms with Crippen LogP contribution in [0, 0.1) is 5.92 Å². The monoisotopic (exact) mass is 416 g/mol. The zero-order valence-electron chi connectivity index (χ0n) is 14.2. The molecule has 1 aromatic carbocycles. The summed E-state index contributed by atoms with van der Waals surface area (Å²) < 4.78 is 66.7. The summed E-state index contributed by atoms with van der Waals surface area (Å²) in [5.74, 6) is -1.52. The summed E-state index contributed by atoms with van der Waals surface area (Å²) in [7, 11) is -11.1. The van der Waals surface area contributed by atoms with Crippen LogP contribution in [0.3, 0.4) is 0 Å². The van der Waals surface area contributed by atoms with E-state index >= 15 is 0 Å². The van der Waals surface area contributed by atoms with Crippen LogP contribution in [-0.2, 0) is 20.2 Å². The third-order valence-electron chi connectivity index (χ3n) is 3.54. The molecule has 0 fully saturated rings. The van der Waals surface area contributed by atoms with E-state index < -0.39 is 30.2 Å². The van der Waals surface area contributed by atoms with Crippen molar-refractivity contribution < 1.29 is 85.1 Å². The van der Waals surface area contributed by atoms with Crippen molar-refractivity contribution in [1.82, 2.24) is 0 Å². The van der Waals surface area contributed by atoms with Gasteiger partial charge in [0, 0.05) is 17.3 Å². The number of rotatable bonds is 4. The van der Waals surface area contributed by atoms with Crippen LogP contribution in [0.2, 0.25) is 0 Å². The van der Waals surface area contributed by atoms with Crippen molar-refractivity contribution in [3.05, 3.63) is 59.8 Å². The zero-order chi connectivity index (χ0) is 18.2. The number of benzene rings is 1. The van der Waals surface area contributed by atoms with Crippen molar-refractivity contribution >= 4 is 32.0 Å². The Morgan fingerprint density at radius 1 is 0.962 bits per heavy atom. The molecule has 0 saturated heterocycles. The normalized spacial score (nSPS) is 19.3. The average molecular weight is 416 g/mol. The second kappa shape index (κ2) is 9.37. The Bertz CT molecular complexity index is 906. The summed E-state index contributed by atoms with van der Waals surface area (Å²) >= 11 is 0. The fourth-order valence-corrected chi connectivity index (χ4v) is 4.89. The summed E-state index contributed by atoms with van der Waals surface area (Å²) in [6, 6.07) is 6.36. The van der Waals surface area contributed by atoms with Gasteiger partial charge >= 0.3 is 59.1 Å². The third-order valence-corrected chi connectivity index (χ3v) is 7.11. The van der Waals surface area contributed by atoms with Gasteiger partial charge in [0.25, 0.3) is 0 Å². The number of nitrogens with two attached hydrogens (primary N) is 2. The van der Waals surface area contributed by atoms with Gasteiger partial charge in [0.05, 0.1) is 0 Å². The molecule has 0 bridgehead atoms. The van der Waals surface area contributed by atoms with Gasteiger partial charge in [0.1, 0.15) is 20.2 Å². The Kier molecular flexibility index (Phi) is 9.32. The van der Waals surface area contributed by atoms with E-state index in [1.54, 1.807) is 24.3 Å². The number of hydrogen-bond acceptors (Lipinski definition) is 8. The maximum Gasteiger partial charge on any atom is 1.00 e. The first kappa shape index (κ1) is 25.9. The number of allylic oxidation sites excluding steroid dienone is 3. The summed E-state index contributed by atoms with van der Waals surface area (Å²) in [6.45, 7) is 0. The number of nitrogen functional groups attached to an aromatic ring is 1. The van der Waals surface area contributed by atoms with E-state index in [1.165, 1.54) is 12.2 Å². The van der Waals surface area contributed by atoms with Crippen LogP contribution in [0.1, 0.15) is 5.56 Å². The fraction of sp³-hybridized carbons (Fsp3) is 0.143. The van der Waals surface area contributed by atoms with Crippen LogP contribution < -0.4 is 70.6 Å². The summed E-state index contributed by atoms with van der Waals surface area (Å²) in [5.41, 5.74) is 11.7. The standard InChI is InChI=1S/C14H16N2O6S2.2Na/c15-12-6-2-10(3-7-12)1-4-11-5-8-13(16)9-14(11,23(17,18)19)24(20,21)22;;/h1-9,11H,15-16H2,(H,17,18,19)(H,20,21,22);;/q;2*+1/p-2. The molecule has 0 aliphatic heterocycles. The molecule has 12 heteroatoms. The third kappa shape index (κ3) is 5.22. The van der Waals surface area contributed by atoms with Gasteiger partial charge in [0.2, 0.25) is 0 Å². The van der Waals surface area contributed by atoms with Crippen molar-refractivity contribution in [3.8, 4) is 0 Å². The predicted molar refractivity (Wildman–Crippen MR) is 86.9 cm³/mol. The first-order chi connectivity index (χ1) is 11.0. The van der Waals surface area contributed by atoms with Crippen molar-refractivity contribution in [1.29, 1.82) is 0 Å². The molecule has 1 atom stereocenters. The van der Waals surface area contributed by atoms with E-state index in [4.69, 9.17) is 11.5 Å². The first-order valence-corrected chi connectivity index (χ1v) is 9.40. The van der Waals surface area contributed by atoms with Crippen molar-refractivity contribution in [2.45, 2.75) is 4.08 Å². The van der Waals surface area contributed by atoms with Crippen LogP contribution in [-0.4, -0.2) is 30.0 Å². The summed E-state index contributed by atoms with van der Waals surface area (Å²) in [4.78, 5) is 0. The van der Waals surface area contributed by atoms with Crippen molar-refractivity contribution in [2.24, 2.45) is 11.7 Å². The van der Waals surface area contributed by atoms with Gasteiger partial charge in [-0.3, -0.25) is 0 Å². The molecule has 0 saturated carbocycles. The Hall–Kier alpha value is -0.140. The van der Waals surface area contributed by atoms with Gasteiger partial charge in [-0.05, 0) is 29.8 Å². The number of hydrogen-bond donors (Lipinski definition) is 2. The molecule has 8 nitrogen and oxygen atoms in total. The minimum Gasteiger partial charge on any atom is -0.746 e. The SMILES string of the molecule is NC1=CC(S(=O)(=O)[O-])(S(=O)(=O)[O-])C(C=Cc2ccc(N)cc2)C=C1.[Na+].[Na+]. The van der Waals surface area contributed by atoms with Crippen molar-refractivity contribution in [2.75, 3.05) is 5.73 Å². The molecule has 1 aliphatic rings. The van der Waals surface area contributed by atoms with Crippen LogP contribution in [0.5, 0.6) is 0 Å². The van der Waals surface area contributed by atoms with Gasteiger partial charge in [-0.15, -0.1) is 0 Å². The largest absolute Gasteiger partial charge is 1.00 e. The Morgan fingerprint density at radius 3 is 1.92 bits per heavy atom. The summed E-state index contributed by atoms with van der Waals surface area (Å²) in [5, 5.41) is 0. The molecule has 2 rings (SSSR count). The van der Waals surface area contributed by atoms with Gasteiger partial charge in [-0.25, -0.2) is 16.8 Å². The molecular weight excluding hydrogens is 402 g/mol. The van der Waals surface area contributed by atoms with E-state index in [-0.39, 0.29) is 64.8 Å². The van der Waals surface area contributed by atoms with Crippen LogP contribution >= 0.6 is 0 Å². The fourth-order valence-electron chi connectivity index (χ4n) is 2.35. The maximum absolute atomic E-state index is 11.6. The van der Waals surface area contributed by atoms with E-state index in [9.17, 15) is 25.9 Å². The van der Waals surface area contributed by atoms with E-state index in [1.807, 2.05) is 0 Å². The van der Waals surface area contributed by atoms with Crippen LogP contribution in [0.25, 0.3) is 6.08 Å². The minimum absolute atomic E-state index is 0. The topological polar surface area (TPSA) is 166 Å². The van der Waals surface area contributed by atoms with Crippen LogP contribution in [0.15, 0.2) is 54.3 Å². The molecule has 1 unspecified atom stereocenters. The molecule has 0 heterocycles. The van der Waals surface area contributed by atoms with E-state index in [0.717, 1.165) is 12.2 Å². The zero-order valence-corrected chi connectivity index (χ0v) is 19.8. The van der Waals surface area contributed by atoms with Crippen molar-refractivity contribution in [3.63, 3.8) is 0 Å². The molecule has 1 aromatic rings. The minimum atomic E-state index is -5.57. The van der Waals surface area contributed by atoms with E-state index in [2.05, 4.69) is 0 Å². The maximum atomic E-state index is 11.6. The average Bonchev–Trinajstić information content (AvgIpc) is 2.45. The first-order valence-electron chi connectivity index (χ1n) is 6.58. The second-order valence-corrected chi connectivity index (χ2v) is 8.61. The molecule has 0 amide bonds. The Morgan fingerprint density at radius 2 is 1.46 bits per heavy atom. The quantitative estimate of drug-likeness (QED) is 0.278. The van der Waals surface area contributed by atoms with Gasteiger partial charge in [-0.1, -0.05) is 30.4 Å². The molecule has 0 spiro atoms. The molecule has 26 heavy (non-hydrogen) atoms. The van der Waals surface area contributed by atoms with Gasteiger partial charge < -0.3 is 20.6 Å². The van der Waals surface area contributed by atoms with Gasteiger partial charge in [-0.2, -0.15) is 0 Å². The summed E-state index contributed by atoms with van der Waals surface area (Å²) in [6.07, 6.45) is 5.33. The molecular formula is C14H14N2Na2O6S2. The Balaban J connectivity index is 0.00000312. The molecule has 1 aliphatic carbocycles. The number of anilines is 1. The Labute approximate surface area is 196 Å². The molecule has 4 N–H and O–H groups in total. The predicted octanol–water partition coefficient (Wildman–Crippen LogP) is -5.89. The second-order valence-electron chi connectivity index (χ2n) is 5.18. The molecule has 130 valence electrons. The molecule has 0 radical (unpaired) electrons. The van der Waals surface area contributed by atoms with E-state index in [0.29, 0.717) is 17.3 Å². The van der Waals surface area contributed by atoms with Gasteiger partial charge in [0.15, 0.2) is 4.08 Å². The van der Waals surface area contributed by atoms with Crippen LogP contribution in [0.4, 0.5) is 5.69 Å². The molecule has 0 aromatic heterocycles.